The first kappa shape index (κ1) is 13.6. The largest absolute Gasteiger partial charge is 0.113 e. The lowest BCUT2D eigenvalue weighted by molar-refractivity contribution is 1.18. The molecule has 0 aromatic heterocycles. The second-order valence-corrected chi connectivity index (χ2v) is 13.3. The van der Waals surface area contributed by atoms with Gasteiger partial charge in [0.15, 0.2) is 0 Å². The number of hydrogen-bond donors (Lipinski definition) is 0. The van der Waals surface area contributed by atoms with Crippen molar-refractivity contribution in [3.8, 4) is 0 Å². The highest BCUT2D eigenvalue weighted by Gasteiger charge is 2.52. The van der Waals surface area contributed by atoms with Crippen molar-refractivity contribution in [2.24, 2.45) is 0 Å². The first-order valence-corrected chi connectivity index (χ1v) is 8.12. The monoisotopic (exact) mass is 300 g/mol. The molecule has 80 valence electrons. The molecule has 0 aliphatic carbocycles. The normalized spacial score (nSPS) is 36.3. The van der Waals surface area contributed by atoms with E-state index in [0.29, 0.717) is 0 Å². The summed E-state index contributed by atoms with van der Waals surface area (Å²) in [6.45, 7) is 8.42. The summed E-state index contributed by atoms with van der Waals surface area (Å²) < 4.78 is 2.41. The van der Waals surface area contributed by atoms with Crippen molar-refractivity contribution in [2.75, 3.05) is 0 Å². The lowest BCUT2D eigenvalue weighted by Gasteiger charge is -2.49. The minimum Gasteiger partial charge on any atom is -0.104 e. The van der Waals surface area contributed by atoms with Crippen molar-refractivity contribution in [3.63, 3.8) is 0 Å². The average Bonchev–Trinajstić information content (AvgIpc) is 1.76. The molecule has 0 amide bonds. The van der Waals surface area contributed by atoms with Gasteiger partial charge in [-0.15, -0.1) is 23.5 Å². The molecule has 0 N–H and O–H groups in total. The van der Waals surface area contributed by atoms with Crippen LogP contribution in [0.15, 0.2) is 0 Å². The van der Waals surface area contributed by atoms with E-state index in [4.69, 9.17) is 24.4 Å². The van der Waals surface area contributed by atoms with Crippen molar-refractivity contribution < 1.29 is 0 Å². The van der Waals surface area contributed by atoms with Crippen molar-refractivity contribution in [1.29, 1.82) is 0 Å². The Labute approximate surface area is 113 Å². The Morgan fingerprint density at radius 2 is 1.21 bits per heavy atom. The molecule has 0 spiro atoms. The van der Waals surface area contributed by atoms with Gasteiger partial charge in [-0.25, -0.2) is 0 Å². The van der Waals surface area contributed by atoms with E-state index in [-0.39, 0.29) is 6.82 Å². The fourth-order valence-corrected chi connectivity index (χ4v) is 12.2. The van der Waals surface area contributed by atoms with Crippen molar-refractivity contribution in [3.05, 3.63) is 0 Å². The predicted molar refractivity (Wildman–Crippen MR) is 83.7 cm³/mol. The average molecular weight is 301 g/mol. The number of rotatable bonds is 2. The van der Waals surface area contributed by atoms with Crippen molar-refractivity contribution in [2.45, 2.75) is 34.5 Å². The minimum absolute atomic E-state index is 0.193. The topological polar surface area (TPSA) is 0 Å². The molecule has 1 saturated heterocycles. The van der Waals surface area contributed by atoms with Crippen LogP contribution in [0.1, 0.15) is 27.7 Å². The molecule has 6 heteroatoms. The zero-order chi connectivity index (χ0) is 11.0. The molecule has 1 aliphatic rings. The second kappa shape index (κ2) is 4.84. The van der Waals surface area contributed by atoms with Gasteiger partial charge in [-0.05, 0) is 27.7 Å². The maximum atomic E-state index is 5.11. The fraction of sp³-hybridized carbons (Fsp3) is 0.750. The highest BCUT2D eigenvalue weighted by atomic mass is 32.3. The summed E-state index contributed by atoms with van der Waals surface area (Å²) in [5, 5.41) is 0. The van der Waals surface area contributed by atoms with Crippen LogP contribution in [0.25, 0.3) is 0 Å². The second-order valence-electron chi connectivity index (χ2n) is 3.12. The molecule has 0 aromatic carbocycles. The maximum absolute atomic E-state index is 5.11. The van der Waals surface area contributed by atoms with E-state index in [1.54, 1.807) is 23.5 Å². The molecule has 0 radical (unpaired) electrons. The zero-order valence-electron chi connectivity index (χ0n) is 8.45. The Morgan fingerprint density at radius 1 is 0.929 bits per heavy atom. The molecule has 0 aromatic rings. The first-order valence-electron chi connectivity index (χ1n) is 4.04. The molecule has 1 fully saturated rings. The molecule has 1 heterocycles. The van der Waals surface area contributed by atoms with Gasteiger partial charge >= 0.3 is 0 Å². The van der Waals surface area contributed by atoms with E-state index in [1.807, 2.05) is 37.4 Å². The third kappa shape index (κ3) is 3.87. The van der Waals surface area contributed by atoms with Gasteiger partial charge in [0, 0.05) is 8.39 Å². The summed E-state index contributed by atoms with van der Waals surface area (Å²) in [4.78, 5) is 0. The number of thiocarbonyl (C=S) groups is 2. The van der Waals surface area contributed by atoms with Gasteiger partial charge < -0.3 is 0 Å². The standard InChI is InChI=1S/C8H12S6/c1-5(9)11-7(3)13-8(4,14-7)12-6(2)10/h1-4H3. The summed E-state index contributed by atoms with van der Waals surface area (Å²) in [5.74, 6) is 0. The SMILES string of the molecule is CC(=S)SC1(C)SC(C)(SC(C)=S)S1. The summed E-state index contributed by atoms with van der Waals surface area (Å²) in [6.07, 6.45) is 0. The summed E-state index contributed by atoms with van der Waals surface area (Å²) in [5.41, 5.74) is 0. The van der Waals surface area contributed by atoms with E-state index in [1.165, 1.54) is 0 Å². The van der Waals surface area contributed by atoms with Gasteiger partial charge in [0.05, 0.1) is 0 Å². The van der Waals surface area contributed by atoms with Crippen LogP contribution in [0.4, 0.5) is 0 Å². The zero-order valence-corrected chi connectivity index (χ0v) is 13.3. The molecule has 0 saturated carbocycles. The molecular formula is C8H12S6. The Balaban J connectivity index is 2.48. The van der Waals surface area contributed by atoms with Gasteiger partial charge in [-0.1, -0.05) is 48.0 Å². The lowest BCUT2D eigenvalue weighted by atomic mass is 10.9. The fourth-order valence-electron chi connectivity index (χ4n) is 1.29. The lowest BCUT2D eigenvalue weighted by Crippen LogP contribution is -2.36. The van der Waals surface area contributed by atoms with E-state index in [9.17, 15) is 0 Å². The van der Waals surface area contributed by atoms with Crippen LogP contribution < -0.4 is 0 Å². The maximum Gasteiger partial charge on any atom is 0.113 e. The Hall–Kier alpha value is 1.58. The summed E-state index contributed by atoms with van der Waals surface area (Å²) in [7, 11) is 0. The predicted octanol–water partition coefficient (Wildman–Crippen LogP) is 4.97. The van der Waals surface area contributed by atoms with Crippen LogP contribution in [-0.2, 0) is 0 Å². The van der Waals surface area contributed by atoms with E-state index in [2.05, 4.69) is 13.8 Å². The summed E-state index contributed by atoms with van der Waals surface area (Å²) in [6, 6.07) is 0. The first-order chi connectivity index (χ1) is 6.25. The summed E-state index contributed by atoms with van der Waals surface area (Å²) >= 11 is 17.7. The third-order valence-corrected chi connectivity index (χ3v) is 7.70. The van der Waals surface area contributed by atoms with Crippen molar-refractivity contribution in [1.82, 2.24) is 0 Å². The van der Waals surface area contributed by atoms with E-state index in [0.717, 1.165) is 8.39 Å². The van der Waals surface area contributed by atoms with Crippen molar-refractivity contribution >= 4 is 79.9 Å². The van der Waals surface area contributed by atoms with Crippen LogP contribution in [0.5, 0.6) is 0 Å². The Bertz CT molecular complexity index is 239. The molecule has 0 unspecified atom stereocenters. The van der Waals surface area contributed by atoms with Gasteiger partial charge in [0.2, 0.25) is 0 Å². The van der Waals surface area contributed by atoms with Crippen LogP contribution in [-0.4, -0.2) is 15.2 Å². The van der Waals surface area contributed by atoms with Crippen LogP contribution >= 0.6 is 71.5 Å². The van der Waals surface area contributed by atoms with Gasteiger partial charge in [-0.2, -0.15) is 0 Å². The highest BCUT2D eigenvalue weighted by Crippen LogP contribution is 2.73. The molecular weight excluding hydrogens is 288 g/mol. The Kier molecular flexibility index (Phi) is 4.71. The molecule has 0 bridgehead atoms. The molecule has 0 nitrogen and oxygen atoms in total. The molecule has 14 heavy (non-hydrogen) atoms. The number of thioether (sulfide) groups is 4. The quantitative estimate of drug-likeness (QED) is 0.655. The molecule has 1 rings (SSSR count). The highest BCUT2D eigenvalue weighted by molar-refractivity contribution is 8.57. The number of hydrogen-bond acceptors (Lipinski definition) is 6. The Morgan fingerprint density at radius 3 is 1.43 bits per heavy atom. The van der Waals surface area contributed by atoms with E-state index >= 15 is 0 Å². The third-order valence-electron chi connectivity index (χ3n) is 1.40. The van der Waals surface area contributed by atoms with Crippen LogP contribution in [0.2, 0.25) is 0 Å². The molecule has 0 atom stereocenters. The van der Waals surface area contributed by atoms with Gasteiger partial charge in [0.1, 0.15) is 6.82 Å². The van der Waals surface area contributed by atoms with Gasteiger partial charge in [-0.3, -0.25) is 0 Å². The van der Waals surface area contributed by atoms with Crippen LogP contribution in [0.3, 0.4) is 0 Å². The van der Waals surface area contributed by atoms with Crippen LogP contribution in [0, 0.1) is 0 Å². The minimum atomic E-state index is 0.193. The smallest absolute Gasteiger partial charge is 0.104 e. The molecule has 1 aliphatic heterocycles. The van der Waals surface area contributed by atoms with Gasteiger partial charge in [0.25, 0.3) is 0 Å². The van der Waals surface area contributed by atoms with E-state index < -0.39 is 0 Å².